The quantitative estimate of drug-likeness (QED) is 0.704. The van der Waals surface area contributed by atoms with Crippen LogP contribution in [-0.4, -0.2) is 25.0 Å². The minimum atomic E-state index is 0.197. The summed E-state index contributed by atoms with van der Waals surface area (Å²) >= 11 is 0. The molecule has 1 rings (SSSR count). The molecule has 70 valence electrons. The maximum atomic E-state index is 9.56. The molecule has 0 spiro atoms. The largest absolute Gasteiger partial charge is 0.507 e. The Kier molecular flexibility index (Phi) is 2.90. The van der Waals surface area contributed by atoms with Crippen LogP contribution in [0.3, 0.4) is 0 Å². The fraction of sp³-hybridized carbons (Fsp3) is 0.300. The Morgan fingerprint density at radius 3 is 2.62 bits per heavy atom. The van der Waals surface area contributed by atoms with Crippen LogP contribution in [0.5, 0.6) is 11.5 Å². The van der Waals surface area contributed by atoms with Crippen LogP contribution >= 0.6 is 0 Å². The van der Waals surface area contributed by atoms with Crippen molar-refractivity contribution in [2.45, 2.75) is 6.92 Å². The maximum Gasteiger partial charge on any atom is 0.128 e. The maximum absolute atomic E-state index is 9.56. The Balaban J connectivity index is 3.12. The third-order valence-corrected chi connectivity index (χ3v) is 1.93. The van der Waals surface area contributed by atoms with Crippen LogP contribution in [0.25, 0.3) is 0 Å². The van der Waals surface area contributed by atoms with Gasteiger partial charge in [0.25, 0.3) is 0 Å². The minimum Gasteiger partial charge on any atom is -0.507 e. The van der Waals surface area contributed by atoms with Crippen molar-refractivity contribution in [2.24, 2.45) is 4.99 Å². The van der Waals surface area contributed by atoms with Crippen molar-refractivity contribution in [3.8, 4) is 11.5 Å². The minimum absolute atomic E-state index is 0.197. The molecule has 0 aliphatic heterocycles. The second-order valence-corrected chi connectivity index (χ2v) is 2.69. The third kappa shape index (κ3) is 1.99. The number of hydrogen-bond acceptors (Lipinski definition) is 3. The molecular weight excluding hydrogens is 166 g/mol. The highest BCUT2D eigenvalue weighted by Crippen LogP contribution is 2.23. The lowest BCUT2D eigenvalue weighted by Gasteiger charge is -2.05. The Hall–Kier alpha value is -1.51. The fourth-order valence-corrected chi connectivity index (χ4v) is 1.06. The van der Waals surface area contributed by atoms with Gasteiger partial charge >= 0.3 is 0 Å². The summed E-state index contributed by atoms with van der Waals surface area (Å²) in [6, 6.07) is 5.16. The molecule has 0 aliphatic carbocycles. The van der Waals surface area contributed by atoms with Gasteiger partial charge < -0.3 is 9.84 Å². The molecule has 0 radical (unpaired) electrons. The summed E-state index contributed by atoms with van der Waals surface area (Å²) in [6.45, 7) is 1.85. The SMILES string of the molecule is C/N=C(/C)c1ccc(OC)cc1O. The van der Waals surface area contributed by atoms with Crippen molar-refractivity contribution in [3.05, 3.63) is 23.8 Å². The van der Waals surface area contributed by atoms with Crippen LogP contribution in [-0.2, 0) is 0 Å². The predicted octanol–water partition coefficient (Wildman–Crippen LogP) is 1.84. The first-order valence-corrected chi connectivity index (χ1v) is 3.99. The van der Waals surface area contributed by atoms with E-state index in [9.17, 15) is 5.11 Å². The molecule has 0 saturated carbocycles. The summed E-state index contributed by atoms with van der Waals surface area (Å²) in [4.78, 5) is 3.99. The Bertz CT molecular complexity index is 332. The van der Waals surface area contributed by atoms with Gasteiger partial charge in [0.2, 0.25) is 0 Å². The van der Waals surface area contributed by atoms with Gasteiger partial charge in [-0.15, -0.1) is 0 Å². The number of nitrogens with zero attached hydrogens (tertiary/aromatic N) is 1. The Morgan fingerprint density at radius 1 is 1.46 bits per heavy atom. The zero-order valence-corrected chi connectivity index (χ0v) is 8.03. The summed E-state index contributed by atoms with van der Waals surface area (Å²) in [5.41, 5.74) is 1.54. The zero-order valence-electron chi connectivity index (χ0n) is 8.03. The molecule has 3 nitrogen and oxygen atoms in total. The molecule has 0 fully saturated rings. The van der Waals surface area contributed by atoms with E-state index >= 15 is 0 Å². The van der Waals surface area contributed by atoms with E-state index < -0.39 is 0 Å². The van der Waals surface area contributed by atoms with Crippen molar-refractivity contribution in [2.75, 3.05) is 14.2 Å². The van der Waals surface area contributed by atoms with Gasteiger partial charge in [-0.25, -0.2) is 0 Å². The number of aromatic hydroxyl groups is 1. The van der Waals surface area contributed by atoms with Gasteiger partial charge in [0.1, 0.15) is 11.5 Å². The first-order valence-electron chi connectivity index (χ1n) is 3.99. The smallest absolute Gasteiger partial charge is 0.128 e. The number of ether oxygens (including phenoxy) is 1. The summed E-state index contributed by atoms with van der Waals surface area (Å²) in [5, 5.41) is 9.56. The lowest BCUT2D eigenvalue weighted by atomic mass is 10.1. The monoisotopic (exact) mass is 179 g/mol. The Morgan fingerprint density at radius 2 is 2.15 bits per heavy atom. The van der Waals surface area contributed by atoms with E-state index in [1.807, 2.05) is 6.92 Å². The van der Waals surface area contributed by atoms with Crippen LogP contribution in [0.4, 0.5) is 0 Å². The molecule has 0 aliphatic rings. The number of phenolic OH excluding ortho intramolecular Hbond substituents is 1. The average molecular weight is 179 g/mol. The highest BCUT2D eigenvalue weighted by atomic mass is 16.5. The fourth-order valence-electron chi connectivity index (χ4n) is 1.06. The van der Waals surface area contributed by atoms with Crippen LogP contribution in [0.15, 0.2) is 23.2 Å². The molecular formula is C10H13NO2. The molecule has 13 heavy (non-hydrogen) atoms. The molecule has 1 N–H and O–H groups in total. The molecule has 0 unspecified atom stereocenters. The van der Waals surface area contributed by atoms with E-state index in [1.165, 1.54) is 0 Å². The molecule has 0 aromatic heterocycles. The molecule has 0 bridgehead atoms. The van der Waals surface area contributed by atoms with Gasteiger partial charge in [0, 0.05) is 24.4 Å². The van der Waals surface area contributed by atoms with E-state index in [-0.39, 0.29) is 5.75 Å². The Labute approximate surface area is 77.7 Å². The van der Waals surface area contributed by atoms with Crippen LogP contribution < -0.4 is 4.74 Å². The lowest BCUT2D eigenvalue weighted by Crippen LogP contribution is -1.95. The number of aliphatic imine (C=N–C) groups is 1. The zero-order chi connectivity index (χ0) is 9.84. The number of methoxy groups -OCH3 is 1. The molecule has 0 heterocycles. The molecule has 3 heteroatoms. The first kappa shape index (κ1) is 9.58. The highest BCUT2D eigenvalue weighted by molar-refractivity contribution is 6.01. The normalized spacial score (nSPS) is 11.5. The molecule has 0 atom stereocenters. The van der Waals surface area contributed by atoms with E-state index in [2.05, 4.69) is 4.99 Å². The van der Waals surface area contributed by atoms with Crippen molar-refractivity contribution in [1.29, 1.82) is 0 Å². The molecule has 0 saturated heterocycles. The summed E-state index contributed by atoms with van der Waals surface area (Å²) < 4.78 is 4.96. The van der Waals surface area contributed by atoms with Crippen molar-refractivity contribution >= 4 is 5.71 Å². The van der Waals surface area contributed by atoms with Gasteiger partial charge in [-0.1, -0.05) is 0 Å². The number of rotatable bonds is 2. The van der Waals surface area contributed by atoms with Crippen molar-refractivity contribution < 1.29 is 9.84 Å². The molecule has 0 amide bonds. The summed E-state index contributed by atoms with van der Waals surface area (Å²) in [6.07, 6.45) is 0. The topological polar surface area (TPSA) is 41.8 Å². The summed E-state index contributed by atoms with van der Waals surface area (Å²) in [5.74, 6) is 0.840. The van der Waals surface area contributed by atoms with Gasteiger partial charge in [-0.2, -0.15) is 0 Å². The number of phenols is 1. The van der Waals surface area contributed by atoms with Crippen LogP contribution in [0.2, 0.25) is 0 Å². The second kappa shape index (κ2) is 3.94. The van der Waals surface area contributed by atoms with E-state index in [0.717, 1.165) is 11.3 Å². The van der Waals surface area contributed by atoms with E-state index in [0.29, 0.717) is 5.75 Å². The van der Waals surface area contributed by atoms with Crippen molar-refractivity contribution in [1.82, 2.24) is 0 Å². The predicted molar refractivity (Wildman–Crippen MR) is 52.8 cm³/mol. The third-order valence-electron chi connectivity index (χ3n) is 1.93. The first-order chi connectivity index (χ1) is 6.19. The van der Waals surface area contributed by atoms with Crippen LogP contribution in [0, 0.1) is 0 Å². The molecule has 1 aromatic carbocycles. The van der Waals surface area contributed by atoms with Gasteiger partial charge in [-0.3, -0.25) is 4.99 Å². The summed E-state index contributed by atoms with van der Waals surface area (Å²) in [7, 11) is 3.26. The highest BCUT2D eigenvalue weighted by Gasteiger charge is 2.04. The van der Waals surface area contributed by atoms with E-state index in [1.54, 1.807) is 32.4 Å². The molecule has 1 aromatic rings. The van der Waals surface area contributed by atoms with Gasteiger partial charge in [0.05, 0.1) is 7.11 Å². The van der Waals surface area contributed by atoms with Gasteiger partial charge in [-0.05, 0) is 19.1 Å². The standard InChI is InChI=1S/C10H13NO2/c1-7(11-2)9-5-4-8(13-3)6-10(9)12/h4-6,12H,1-3H3/b11-7-. The lowest BCUT2D eigenvalue weighted by molar-refractivity contribution is 0.407. The van der Waals surface area contributed by atoms with Crippen LogP contribution in [0.1, 0.15) is 12.5 Å². The van der Waals surface area contributed by atoms with E-state index in [4.69, 9.17) is 4.74 Å². The number of hydrogen-bond donors (Lipinski definition) is 1. The second-order valence-electron chi connectivity index (χ2n) is 2.69. The average Bonchev–Trinajstić information content (AvgIpc) is 2.16. The van der Waals surface area contributed by atoms with Gasteiger partial charge in [0.15, 0.2) is 0 Å². The number of benzene rings is 1. The van der Waals surface area contributed by atoms with Crippen molar-refractivity contribution in [3.63, 3.8) is 0 Å².